The highest BCUT2D eigenvalue weighted by molar-refractivity contribution is 5.21. The van der Waals surface area contributed by atoms with Crippen molar-refractivity contribution in [3.05, 3.63) is 52.9 Å². The van der Waals surface area contributed by atoms with Gasteiger partial charge in [0.1, 0.15) is 11.6 Å². The largest absolute Gasteiger partial charge is 0.334 e. The van der Waals surface area contributed by atoms with Crippen LogP contribution in [0.15, 0.2) is 24.3 Å². The van der Waals surface area contributed by atoms with Gasteiger partial charge < -0.3 is 10.3 Å². The third-order valence-electron chi connectivity index (χ3n) is 3.25. The summed E-state index contributed by atoms with van der Waals surface area (Å²) in [5, 5.41) is 0. The fourth-order valence-electron chi connectivity index (χ4n) is 2.13. The van der Waals surface area contributed by atoms with Crippen LogP contribution in [0.2, 0.25) is 0 Å². The second kappa shape index (κ2) is 5.31. The Bertz CT molecular complexity index is 546. The average molecular weight is 247 g/mol. The fourth-order valence-corrected chi connectivity index (χ4v) is 2.13. The van der Waals surface area contributed by atoms with Crippen LogP contribution in [0.5, 0.6) is 0 Å². The van der Waals surface area contributed by atoms with Crippen LogP contribution in [-0.2, 0) is 26.4 Å². The Balaban J connectivity index is 2.13. The van der Waals surface area contributed by atoms with E-state index < -0.39 is 0 Å². The van der Waals surface area contributed by atoms with Gasteiger partial charge in [-0.05, 0) is 37.5 Å². The van der Waals surface area contributed by atoms with Gasteiger partial charge in [-0.25, -0.2) is 9.37 Å². The summed E-state index contributed by atoms with van der Waals surface area (Å²) >= 11 is 0. The Morgan fingerprint density at radius 2 is 2.11 bits per heavy atom. The monoisotopic (exact) mass is 247 g/mol. The molecule has 0 fully saturated rings. The van der Waals surface area contributed by atoms with E-state index in [1.807, 2.05) is 24.6 Å². The molecule has 18 heavy (non-hydrogen) atoms. The van der Waals surface area contributed by atoms with Crippen molar-refractivity contribution in [3.8, 4) is 0 Å². The van der Waals surface area contributed by atoms with Crippen molar-refractivity contribution < 1.29 is 4.39 Å². The van der Waals surface area contributed by atoms with Crippen LogP contribution >= 0.6 is 0 Å². The van der Waals surface area contributed by atoms with Crippen molar-refractivity contribution in [2.45, 2.75) is 26.3 Å². The number of nitrogens with two attached hydrogens (primary N) is 1. The first-order chi connectivity index (χ1) is 8.61. The zero-order valence-corrected chi connectivity index (χ0v) is 10.8. The summed E-state index contributed by atoms with van der Waals surface area (Å²) in [6.07, 6.45) is 1.57. The van der Waals surface area contributed by atoms with E-state index in [0.29, 0.717) is 6.54 Å². The number of hydrogen-bond donors (Lipinski definition) is 1. The zero-order valence-electron chi connectivity index (χ0n) is 10.8. The maximum absolute atomic E-state index is 13.1. The van der Waals surface area contributed by atoms with Crippen LogP contribution in [0, 0.1) is 12.7 Å². The molecule has 1 aromatic carbocycles. The summed E-state index contributed by atoms with van der Waals surface area (Å²) in [4.78, 5) is 4.51. The lowest BCUT2D eigenvalue weighted by Gasteiger charge is -2.04. The second-order valence-corrected chi connectivity index (χ2v) is 4.45. The molecule has 0 aliphatic rings. The third-order valence-corrected chi connectivity index (χ3v) is 3.25. The number of halogens is 1. The number of imidazole rings is 1. The summed E-state index contributed by atoms with van der Waals surface area (Å²) in [5.41, 5.74) is 8.80. The van der Waals surface area contributed by atoms with E-state index in [1.54, 1.807) is 12.1 Å². The second-order valence-electron chi connectivity index (χ2n) is 4.45. The molecule has 0 aliphatic carbocycles. The van der Waals surface area contributed by atoms with E-state index in [1.165, 1.54) is 6.07 Å². The smallest absolute Gasteiger partial charge is 0.123 e. The summed E-state index contributed by atoms with van der Waals surface area (Å²) in [6, 6.07) is 6.69. The van der Waals surface area contributed by atoms with Crippen LogP contribution in [0.3, 0.4) is 0 Å². The molecule has 2 N–H and O–H groups in total. The zero-order chi connectivity index (χ0) is 13.1. The van der Waals surface area contributed by atoms with Gasteiger partial charge in [0.25, 0.3) is 0 Å². The Hall–Kier alpha value is -1.68. The normalized spacial score (nSPS) is 10.9. The van der Waals surface area contributed by atoms with Gasteiger partial charge in [-0.1, -0.05) is 12.1 Å². The fraction of sp³-hybridized carbons (Fsp3) is 0.357. The highest BCUT2D eigenvalue weighted by Gasteiger charge is 2.10. The molecule has 1 aromatic heterocycles. The van der Waals surface area contributed by atoms with E-state index >= 15 is 0 Å². The number of aryl methyl sites for hydroxylation is 3. The van der Waals surface area contributed by atoms with Crippen LogP contribution in [-0.4, -0.2) is 9.55 Å². The minimum atomic E-state index is -0.191. The molecule has 2 rings (SSSR count). The molecule has 2 aromatic rings. The summed E-state index contributed by atoms with van der Waals surface area (Å²) in [7, 11) is 1.97. The Labute approximate surface area is 106 Å². The maximum Gasteiger partial charge on any atom is 0.123 e. The molecule has 0 unspecified atom stereocenters. The predicted molar refractivity (Wildman–Crippen MR) is 69.6 cm³/mol. The molecule has 4 heteroatoms. The number of benzene rings is 1. The molecule has 0 atom stereocenters. The molecule has 0 aliphatic heterocycles. The molecule has 0 bridgehead atoms. The summed E-state index contributed by atoms with van der Waals surface area (Å²) < 4.78 is 15.1. The first-order valence-corrected chi connectivity index (χ1v) is 6.07. The Morgan fingerprint density at radius 3 is 2.78 bits per heavy atom. The van der Waals surface area contributed by atoms with Gasteiger partial charge in [-0.3, -0.25) is 0 Å². The Morgan fingerprint density at radius 1 is 1.33 bits per heavy atom. The quantitative estimate of drug-likeness (QED) is 0.899. The van der Waals surface area contributed by atoms with E-state index in [4.69, 9.17) is 5.73 Å². The van der Waals surface area contributed by atoms with Gasteiger partial charge in [0.2, 0.25) is 0 Å². The molecular formula is C14H18FN3. The standard InChI is InChI=1S/C14H18FN3/c1-10-17-13(14(9-16)18(10)2)7-6-11-4-3-5-12(15)8-11/h3-5,8H,6-7,9,16H2,1-2H3. The molecule has 0 amide bonds. The minimum absolute atomic E-state index is 0.191. The number of aromatic nitrogens is 2. The molecule has 0 radical (unpaired) electrons. The van der Waals surface area contributed by atoms with Gasteiger partial charge in [-0.15, -0.1) is 0 Å². The Kier molecular flexibility index (Phi) is 3.77. The molecule has 3 nitrogen and oxygen atoms in total. The van der Waals surface area contributed by atoms with Gasteiger partial charge >= 0.3 is 0 Å². The van der Waals surface area contributed by atoms with Crippen molar-refractivity contribution in [3.63, 3.8) is 0 Å². The van der Waals surface area contributed by atoms with Crippen LogP contribution < -0.4 is 5.73 Å². The molecule has 0 saturated heterocycles. The third kappa shape index (κ3) is 2.59. The lowest BCUT2D eigenvalue weighted by atomic mass is 10.1. The van der Waals surface area contributed by atoms with Gasteiger partial charge in [0, 0.05) is 13.6 Å². The highest BCUT2D eigenvalue weighted by atomic mass is 19.1. The molecular weight excluding hydrogens is 229 g/mol. The van der Waals surface area contributed by atoms with Gasteiger partial charge in [0.05, 0.1) is 11.4 Å². The van der Waals surface area contributed by atoms with E-state index in [0.717, 1.165) is 35.6 Å². The van der Waals surface area contributed by atoms with Gasteiger partial charge in [-0.2, -0.15) is 0 Å². The first-order valence-electron chi connectivity index (χ1n) is 6.07. The van der Waals surface area contributed by atoms with Crippen LogP contribution in [0.25, 0.3) is 0 Å². The van der Waals surface area contributed by atoms with Gasteiger partial charge in [0.15, 0.2) is 0 Å². The molecule has 0 saturated carbocycles. The SMILES string of the molecule is Cc1nc(CCc2cccc(F)c2)c(CN)n1C. The lowest BCUT2D eigenvalue weighted by Crippen LogP contribution is -2.07. The number of hydrogen-bond acceptors (Lipinski definition) is 2. The first kappa shape index (κ1) is 12.8. The summed E-state index contributed by atoms with van der Waals surface area (Å²) in [5.74, 6) is 0.772. The van der Waals surface area contributed by atoms with E-state index in [9.17, 15) is 4.39 Å². The number of nitrogens with zero attached hydrogens (tertiary/aromatic N) is 2. The molecule has 1 heterocycles. The highest BCUT2D eigenvalue weighted by Crippen LogP contribution is 2.13. The van der Waals surface area contributed by atoms with Crippen LogP contribution in [0.4, 0.5) is 4.39 Å². The van der Waals surface area contributed by atoms with Crippen molar-refractivity contribution in [2.75, 3.05) is 0 Å². The van der Waals surface area contributed by atoms with Crippen LogP contribution in [0.1, 0.15) is 22.8 Å². The predicted octanol–water partition coefficient (Wildman–Crippen LogP) is 2.11. The summed E-state index contributed by atoms with van der Waals surface area (Å²) in [6.45, 7) is 2.45. The lowest BCUT2D eigenvalue weighted by molar-refractivity contribution is 0.625. The molecule has 96 valence electrons. The minimum Gasteiger partial charge on any atom is -0.334 e. The van der Waals surface area contributed by atoms with Crippen molar-refractivity contribution in [1.82, 2.24) is 9.55 Å². The van der Waals surface area contributed by atoms with Crippen molar-refractivity contribution >= 4 is 0 Å². The number of rotatable bonds is 4. The van der Waals surface area contributed by atoms with Crippen molar-refractivity contribution in [1.29, 1.82) is 0 Å². The van der Waals surface area contributed by atoms with Crippen molar-refractivity contribution in [2.24, 2.45) is 12.8 Å². The average Bonchev–Trinajstić information content (AvgIpc) is 2.62. The topological polar surface area (TPSA) is 43.8 Å². The van der Waals surface area contributed by atoms with E-state index in [-0.39, 0.29) is 5.82 Å². The molecule has 0 spiro atoms. The maximum atomic E-state index is 13.1. The van der Waals surface area contributed by atoms with E-state index in [2.05, 4.69) is 4.98 Å².